The third-order valence-electron chi connectivity index (χ3n) is 2.96. The van der Waals surface area contributed by atoms with Gasteiger partial charge in [-0.25, -0.2) is 4.79 Å². The van der Waals surface area contributed by atoms with Gasteiger partial charge in [-0.3, -0.25) is 4.79 Å². The second-order valence-corrected chi connectivity index (χ2v) is 4.49. The number of carbonyl (C=O) groups is 2. The molecule has 0 radical (unpaired) electrons. The lowest BCUT2D eigenvalue weighted by Gasteiger charge is -2.26. The van der Waals surface area contributed by atoms with Gasteiger partial charge in [-0.1, -0.05) is 12.8 Å². The molecule has 0 spiro atoms. The predicted octanol–water partition coefficient (Wildman–Crippen LogP) is 1.05. The summed E-state index contributed by atoms with van der Waals surface area (Å²) in [5, 5.41) is 2.70. The van der Waals surface area contributed by atoms with Crippen LogP contribution in [0.5, 0.6) is 0 Å². The quantitative estimate of drug-likeness (QED) is 0.803. The fourth-order valence-electron chi connectivity index (χ4n) is 2.04. The van der Waals surface area contributed by atoms with Crippen LogP contribution in [0.15, 0.2) is 0 Å². The SMILES string of the molecule is CCNC(=O)CN(C)C(=O)N1CCCCCC1. The van der Waals surface area contributed by atoms with Crippen molar-refractivity contribution in [1.29, 1.82) is 0 Å². The van der Waals surface area contributed by atoms with Crippen LogP contribution < -0.4 is 5.32 Å². The zero-order chi connectivity index (χ0) is 12.7. The Labute approximate surface area is 103 Å². The zero-order valence-corrected chi connectivity index (χ0v) is 10.9. The largest absolute Gasteiger partial charge is 0.355 e. The van der Waals surface area contributed by atoms with Crippen molar-refractivity contribution in [2.75, 3.05) is 33.2 Å². The number of hydrogen-bond acceptors (Lipinski definition) is 2. The molecule has 0 atom stereocenters. The minimum Gasteiger partial charge on any atom is -0.355 e. The molecule has 1 aliphatic rings. The maximum Gasteiger partial charge on any atom is 0.320 e. The summed E-state index contributed by atoms with van der Waals surface area (Å²) in [6.07, 6.45) is 4.54. The summed E-state index contributed by atoms with van der Waals surface area (Å²) in [4.78, 5) is 26.8. The molecule has 98 valence electrons. The number of nitrogens with one attached hydrogen (secondary N) is 1. The maximum atomic E-state index is 12.1. The molecule has 0 aromatic carbocycles. The third kappa shape index (κ3) is 4.63. The van der Waals surface area contributed by atoms with E-state index in [-0.39, 0.29) is 18.5 Å². The molecule has 17 heavy (non-hydrogen) atoms. The molecule has 0 aromatic rings. The third-order valence-corrected chi connectivity index (χ3v) is 2.96. The van der Waals surface area contributed by atoms with Crippen LogP contribution in [-0.4, -0.2) is 55.0 Å². The highest BCUT2D eigenvalue weighted by Gasteiger charge is 2.20. The Bertz CT molecular complexity index is 260. The lowest BCUT2D eigenvalue weighted by molar-refractivity contribution is -0.121. The zero-order valence-electron chi connectivity index (χ0n) is 10.9. The summed E-state index contributed by atoms with van der Waals surface area (Å²) < 4.78 is 0. The van der Waals surface area contributed by atoms with Gasteiger partial charge in [-0.15, -0.1) is 0 Å². The molecule has 5 nitrogen and oxygen atoms in total. The Morgan fingerprint density at radius 3 is 2.29 bits per heavy atom. The van der Waals surface area contributed by atoms with Gasteiger partial charge in [0.15, 0.2) is 0 Å². The van der Waals surface area contributed by atoms with E-state index in [0.717, 1.165) is 25.9 Å². The van der Waals surface area contributed by atoms with Crippen LogP contribution in [-0.2, 0) is 4.79 Å². The average molecular weight is 241 g/mol. The van der Waals surface area contributed by atoms with Crippen LogP contribution in [0.4, 0.5) is 4.79 Å². The molecule has 1 heterocycles. The fourth-order valence-corrected chi connectivity index (χ4v) is 2.04. The lowest BCUT2D eigenvalue weighted by Crippen LogP contribution is -2.45. The number of likely N-dealkylation sites (tertiary alicyclic amines) is 1. The van der Waals surface area contributed by atoms with E-state index in [4.69, 9.17) is 0 Å². The highest BCUT2D eigenvalue weighted by molar-refractivity contribution is 5.83. The second kappa shape index (κ2) is 7.14. The van der Waals surface area contributed by atoms with Gasteiger partial charge in [0, 0.05) is 26.7 Å². The van der Waals surface area contributed by atoms with E-state index in [9.17, 15) is 9.59 Å². The number of rotatable bonds is 3. The summed E-state index contributed by atoms with van der Waals surface area (Å²) in [6.45, 7) is 4.25. The molecule has 1 rings (SSSR count). The molecule has 3 amide bonds. The first-order valence-corrected chi connectivity index (χ1v) is 6.42. The Hall–Kier alpha value is -1.26. The standard InChI is InChI=1S/C12H23N3O2/c1-3-13-11(16)10-14(2)12(17)15-8-6-4-5-7-9-15/h3-10H2,1-2H3,(H,13,16). The van der Waals surface area contributed by atoms with Gasteiger partial charge in [0.2, 0.25) is 5.91 Å². The minimum atomic E-state index is -0.0989. The van der Waals surface area contributed by atoms with Crippen molar-refractivity contribution in [3.8, 4) is 0 Å². The van der Waals surface area contributed by atoms with E-state index >= 15 is 0 Å². The first-order valence-electron chi connectivity index (χ1n) is 6.42. The van der Waals surface area contributed by atoms with Gasteiger partial charge < -0.3 is 15.1 Å². The van der Waals surface area contributed by atoms with Gasteiger partial charge in [0.25, 0.3) is 0 Å². The molecule has 1 saturated heterocycles. The van der Waals surface area contributed by atoms with Crippen LogP contribution in [0.25, 0.3) is 0 Å². The van der Waals surface area contributed by atoms with Crippen LogP contribution in [0.2, 0.25) is 0 Å². The molecule has 1 N–H and O–H groups in total. The Morgan fingerprint density at radius 2 is 1.76 bits per heavy atom. The van der Waals surface area contributed by atoms with Crippen LogP contribution in [0.3, 0.4) is 0 Å². The normalized spacial score (nSPS) is 16.2. The van der Waals surface area contributed by atoms with Gasteiger partial charge in [0.05, 0.1) is 0 Å². The summed E-state index contributed by atoms with van der Waals surface area (Å²) in [5.41, 5.74) is 0. The van der Waals surface area contributed by atoms with Gasteiger partial charge in [-0.05, 0) is 19.8 Å². The van der Waals surface area contributed by atoms with Crippen LogP contribution >= 0.6 is 0 Å². The molecule has 5 heteroatoms. The van der Waals surface area contributed by atoms with E-state index in [2.05, 4.69) is 5.32 Å². The molecule has 1 aliphatic heterocycles. The van der Waals surface area contributed by atoms with Gasteiger partial charge in [-0.2, -0.15) is 0 Å². The predicted molar refractivity (Wildman–Crippen MR) is 66.8 cm³/mol. The van der Waals surface area contributed by atoms with Crippen molar-refractivity contribution in [3.05, 3.63) is 0 Å². The summed E-state index contributed by atoms with van der Waals surface area (Å²) >= 11 is 0. The summed E-state index contributed by atoms with van der Waals surface area (Å²) in [6, 6.07) is -0.0295. The van der Waals surface area contributed by atoms with Crippen molar-refractivity contribution in [2.45, 2.75) is 32.6 Å². The molecule has 0 aromatic heterocycles. The highest BCUT2D eigenvalue weighted by atomic mass is 16.2. The number of nitrogens with zero attached hydrogens (tertiary/aromatic N) is 2. The van der Waals surface area contributed by atoms with Crippen LogP contribution in [0, 0.1) is 0 Å². The van der Waals surface area contributed by atoms with Gasteiger partial charge >= 0.3 is 6.03 Å². The monoisotopic (exact) mass is 241 g/mol. The highest BCUT2D eigenvalue weighted by Crippen LogP contribution is 2.11. The first kappa shape index (κ1) is 13.8. The number of hydrogen-bond donors (Lipinski definition) is 1. The van der Waals surface area contributed by atoms with Crippen molar-refractivity contribution in [2.24, 2.45) is 0 Å². The molecular formula is C12H23N3O2. The molecule has 0 aliphatic carbocycles. The topological polar surface area (TPSA) is 52.7 Å². The van der Waals surface area contributed by atoms with Crippen molar-refractivity contribution in [3.63, 3.8) is 0 Å². The second-order valence-electron chi connectivity index (χ2n) is 4.49. The number of amides is 3. The molecule has 0 saturated carbocycles. The maximum absolute atomic E-state index is 12.1. The van der Waals surface area contributed by atoms with Gasteiger partial charge in [0.1, 0.15) is 6.54 Å². The van der Waals surface area contributed by atoms with Crippen molar-refractivity contribution >= 4 is 11.9 Å². The Kier molecular flexibility index (Phi) is 5.80. The Balaban J connectivity index is 2.41. The van der Waals surface area contributed by atoms with E-state index < -0.39 is 0 Å². The summed E-state index contributed by atoms with van der Waals surface area (Å²) in [7, 11) is 1.68. The molecular weight excluding hydrogens is 218 g/mol. The average Bonchev–Trinajstić information content (AvgIpc) is 2.56. The van der Waals surface area contributed by atoms with Crippen LogP contribution in [0.1, 0.15) is 32.6 Å². The van der Waals surface area contributed by atoms with Crippen molar-refractivity contribution < 1.29 is 9.59 Å². The van der Waals surface area contributed by atoms with E-state index in [1.54, 1.807) is 7.05 Å². The number of likely N-dealkylation sites (N-methyl/N-ethyl adjacent to an activating group) is 2. The molecule has 1 fully saturated rings. The van der Waals surface area contributed by atoms with E-state index in [1.165, 1.54) is 17.7 Å². The minimum absolute atomic E-state index is 0.0295. The van der Waals surface area contributed by atoms with Crippen molar-refractivity contribution in [1.82, 2.24) is 15.1 Å². The van der Waals surface area contributed by atoms with E-state index in [1.807, 2.05) is 11.8 Å². The molecule has 0 unspecified atom stereocenters. The smallest absolute Gasteiger partial charge is 0.320 e. The number of carbonyl (C=O) groups excluding carboxylic acids is 2. The summed E-state index contributed by atoms with van der Waals surface area (Å²) in [5.74, 6) is -0.0989. The number of urea groups is 1. The first-order chi connectivity index (χ1) is 8.15. The fraction of sp³-hybridized carbons (Fsp3) is 0.833. The Morgan fingerprint density at radius 1 is 1.18 bits per heavy atom. The lowest BCUT2D eigenvalue weighted by atomic mass is 10.2. The molecule has 0 bridgehead atoms. The van der Waals surface area contributed by atoms with E-state index in [0.29, 0.717) is 6.54 Å².